The highest BCUT2D eigenvalue weighted by atomic mass is 19.1. The molecule has 0 spiro atoms. The summed E-state index contributed by atoms with van der Waals surface area (Å²) in [6.45, 7) is 6.62. The molecule has 106 valence electrons. The van der Waals surface area contributed by atoms with E-state index < -0.39 is 0 Å². The van der Waals surface area contributed by atoms with Gasteiger partial charge in [-0.05, 0) is 30.5 Å². The predicted molar refractivity (Wildman–Crippen MR) is 75.6 cm³/mol. The van der Waals surface area contributed by atoms with Gasteiger partial charge in [0.25, 0.3) is 0 Å². The third-order valence-corrected chi connectivity index (χ3v) is 4.55. The van der Waals surface area contributed by atoms with E-state index in [1.165, 1.54) is 12.1 Å². The van der Waals surface area contributed by atoms with Gasteiger partial charge in [0.15, 0.2) is 0 Å². The Morgan fingerprint density at radius 1 is 1.37 bits per heavy atom. The maximum Gasteiger partial charge on any atom is 0.123 e. The molecule has 0 aliphatic heterocycles. The lowest BCUT2D eigenvalue weighted by Crippen LogP contribution is -2.61. The zero-order chi connectivity index (χ0) is 14.0. The summed E-state index contributed by atoms with van der Waals surface area (Å²) in [5.41, 5.74) is 1.31. The second-order valence-electron chi connectivity index (χ2n) is 6.01. The van der Waals surface area contributed by atoms with Crippen LogP contribution in [-0.4, -0.2) is 19.3 Å². The lowest BCUT2D eigenvalue weighted by Gasteiger charge is -2.52. The fraction of sp³-hybridized carbons (Fsp3) is 0.625. The lowest BCUT2D eigenvalue weighted by molar-refractivity contribution is -0.100. The van der Waals surface area contributed by atoms with E-state index in [1.807, 2.05) is 12.1 Å². The molecular formula is C16H24FNO. The average molecular weight is 265 g/mol. The Balaban J connectivity index is 2.03. The van der Waals surface area contributed by atoms with E-state index >= 15 is 0 Å². The molecule has 3 unspecified atom stereocenters. The summed E-state index contributed by atoms with van der Waals surface area (Å²) in [7, 11) is 1.78. The molecule has 1 aliphatic carbocycles. The van der Waals surface area contributed by atoms with Crippen molar-refractivity contribution in [3.05, 3.63) is 35.6 Å². The third kappa shape index (κ3) is 2.82. The Morgan fingerprint density at radius 3 is 2.47 bits per heavy atom. The normalized spacial score (nSPS) is 26.8. The van der Waals surface area contributed by atoms with E-state index in [0.717, 1.165) is 18.4 Å². The minimum absolute atomic E-state index is 0.155. The van der Waals surface area contributed by atoms with Crippen molar-refractivity contribution in [3.63, 3.8) is 0 Å². The fourth-order valence-corrected chi connectivity index (χ4v) is 2.96. The molecule has 2 rings (SSSR count). The summed E-state index contributed by atoms with van der Waals surface area (Å²) >= 11 is 0. The molecule has 1 N–H and O–H groups in total. The van der Waals surface area contributed by atoms with Crippen LogP contribution in [0.2, 0.25) is 0 Å². The van der Waals surface area contributed by atoms with Crippen LogP contribution in [0.15, 0.2) is 24.3 Å². The number of benzene rings is 1. The summed E-state index contributed by atoms with van der Waals surface area (Å²) < 4.78 is 18.5. The van der Waals surface area contributed by atoms with Crippen molar-refractivity contribution >= 4 is 0 Å². The number of methoxy groups -OCH3 is 1. The van der Waals surface area contributed by atoms with Crippen LogP contribution in [0.1, 0.15) is 45.2 Å². The van der Waals surface area contributed by atoms with Crippen LogP contribution in [-0.2, 0) is 4.74 Å². The number of halogens is 1. The van der Waals surface area contributed by atoms with Crippen LogP contribution < -0.4 is 5.32 Å². The molecule has 1 aromatic carbocycles. The smallest absolute Gasteiger partial charge is 0.123 e. The summed E-state index contributed by atoms with van der Waals surface area (Å²) in [4.78, 5) is 0. The van der Waals surface area contributed by atoms with Crippen molar-refractivity contribution in [1.29, 1.82) is 0 Å². The van der Waals surface area contributed by atoms with Crippen molar-refractivity contribution in [2.24, 2.45) is 5.41 Å². The minimum Gasteiger partial charge on any atom is -0.381 e. The average Bonchev–Trinajstić information content (AvgIpc) is 2.39. The number of hydrogen-bond donors (Lipinski definition) is 1. The van der Waals surface area contributed by atoms with Crippen molar-refractivity contribution in [3.8, 4) is 0 Å². The highest BCUT2D eigenvalue weighted by Gasteiger charge is 2.48. The quantitative estimate of drug-likeness (QED) is 0.877. The molecule has 19 heavy (non-hydrogen) atoms. The zero-order valence-corrected chi connectivity index (χ0v) is 12.2. The van der Waals surface area contributed by atoms with Crippen LogP contribution in [0.3, 0.4) is 0 Å². The van der Waals surface area contributed by atoms with Crippen molar-refractivity contribution in [2.45, 2.75) is 51.8 Å². The first-order valence-corrected chi connectivity index (χ1v) is 7.03. The number of ether oxygens (including phenoxy) is 1. The van der Waals surface area contributed by atoms with Gasteiger partial charge in [0, 0.05) is 24.6 Å². The number of nitrogens with one attached hydrogen (secondary N) is 1. The van der Waals surface area contributed by atoms with E-state index in [1.54, 1.807) is 7.11 Å². The molecule has 0 saturated heterocycles. The molecule has 0 aromatic heterocycles. The Kier molecular flexibility index (Phi) is 4.26. The molecule has 1 aromatic rings. The summed E-state index contributed by atoms with van der Waals surface area (Å²) in [6.07, 6.45) is 2.37. The van der Waals surface area contributed by atoms with Gasteiger partial charge in [-0.1, -0.05) is 32.9 Å². The van der Waals surface area contributed by atoms with Crippen LogP contribution in [0, 0.1) is 11.2 Å². The standard InChI is InChI=1S/C16H24FNO/c1-5-13(11-6-8-12(17)9-7-11)18-14-10-15(19-4)16(14,2)3/h6-9,13-15,18H,5,10H2,1-4H3. The molecule has 1 aliphatic rings. The predicted octanol–water partition coefficient (Wildman–Crippen LogP) is 3.68. The number of rotatable bonds is 5. The summed E-state index contributed by atoms with van der Waals surface area (Å²) in [5, 5.41) is 3.69. The first-order valence-electron chi connectivity index (χ1n) is 7.03. The number of hydrogen-bond acceptors (Lipinski definition) is 2. The minimum atomic E-state index is -0.179. The molecule has 0 bridgehead atoms. The monoisotopic (exact) mass is 265 g/mol. The Bertz CT molecular complexity index is 415. The van der Waals surface area contributed by atoms with Crippen LogP contribution in [0.4, 0.5) is 4.39 Å². The van der Waals surface area contributed by atoms with Gasteiger partial charge in [-0.2, -0.15) is 0 Å². The highest BCUT2D eigenvalue weighted by molar-refractivity contribution is 5.20. The summed E-state index contributed by atoms with van der Waals surface area (Å²) in [5.74, 6) is -0.179. The van der Waals surface area contributed by atoms with E-state index in [4.69, 9.17) is 4.74 Å². The Hall–Kier alpha value is -0.930. The zero-order valence-electron chi connectivity index (χ0n) is 12.2. The molecule has 1 fully saturated rings. The first-order chi connectivity index (χ1) is 8.98. The maximum atomic E-state index is 13.0. The van der Waals surface area contributed by atoms with Crippen LogP contribution in [0.5, 0.6) is 0 Å². The van der Waals surface area contributed by atoms with Gasteiger partial charge in [-0.3, -0.25) is 0 Å². The molecular weight excluding hydrogens is 241 g/mol. The van der Waals surface area contributed by atoms with E-state index in [0.29, 0.717) is 12.1 Å². The molecule has 2 nitrogen and oxygen atoms in total. The van der Waals surface area contributed by atoms with Crippen molar-refractivity contribution in [1.82, 2.24) is 5.32 Å². The maximum absolute atomic E-state index is 13.0. The second kappa shape index (κ2) is 5.59. The molecule has 3 heteroatoms. The lowest BCUT2D eigenvalue weighted by atomic mass is 9.64. The van der Waals surface area contributed by atoms with E-state index in [-0.39, 0.29) is 17.3 Å². The Morgan fingerprint density at radius 2 is 2.00 bits per heavy atom. The molecule has 0 radical (unpaired) electrons. The SMILES string of the molecule is CCC(NC1CC(OC)C1(C)C)c1ccc(F)cc1. The second-order valence-corrected chi connectivity index (χ2v) is 6.01. The van der Waals surface area contributed by atoms with Crippen molar-refractivity contribution < 1.29 is 9.13 Å². The first kappa shape index (κ1) is 14.5. The topological polar surface area (TPSA) is 21.3 Å². The fourth-order valence-electron chi connectivity index (χ4n) is 2.96. The van der Waals surface area contributed by atoms with Crippen molar-refractivity contribution in [2.75, 3.05) is 7.11 Å². The third-order valence-electron chi connectivity index (χ3n) is 4.55. The highest BCUT2D eigenvalue weighted by Crippen LogP contribution is 2.43. The van der Waals surface area contributed by atoms with Crippen LogP contribution >= 0.6 is 0 Å². The largest absolute Gasteiger partial charge is 0.381 e. The van der Waals surface area contributed by atoms with Crippen LogP contribution in [0.25, 0.3) is 0 Å². The van der Waals surface area contributed by atoms with Gasteiger partial charge in [0.1, 0.15) is 5.82 Å². The van der Waals surface area contributed by atoms with Gasteiger partial charge in [0.2, 0.25) is 0 Å². The van der Waals surface area contributed by atoms with Gasteiger partial charge in [-0.25, -0.2) is 4.39 Å². The van der Waals surface area contributed by atoms with Gasteiger partial charge in [0.05, 0.1) is 6.10 Å². The summed E-state index contributed by atoms with van der Waals surface area (Å²) in [6, 6.07) is 7.54. The molecule has 0 heterocycles. The van der Waals surface area contributed by atoms with Gasteiger partial charge < -0.3 is 10.1 Å². The van der Waals surface area contributed by atoms with Gasteiger partial charge in [-0.15, -0.1) is 0 Å². The molecule has 1 saturated carbocycles. The molecule has 0 amide bonds. The molecule has 3 atom stereocenters. The van der Waals surface area contributed by atoms with E-state index in [2.05, 4.69) is 26.1 Å². The Labute approximate surface area is 115 Å². The van der Waals surface area contributed by atoms with E-state index in [9.17, 15) is 4.39 Å². The van der Waals surface area contributed by atoms with Gasteiger partial charge >= 0.3 is 0 Å².